The van der Waals surface area contributed by atoms with E-state index >= 15 is 0 Å². The predicted octanol–water partition coefficient (Wildman–Crippen LogP) is 6.97. The molecular weight excluding hydrogens is 494 g/mol. The standard InChI is InChI=1S/C24H23Br2NO2/c1-15(16-7-5-4-6-8-16)27-13-17-19(25)9-11-21(28-2)23(17)24-18(14-27)20(26)10-12-22(24)29-3/h4-12,15H,13-14H2,1-3H3/t15-/m1/s1. The van der Waals surface area contributed by atoms with Gasteiger partial charge in [-0.05, 0) is 47.9 Å². The second-order valence-corrected chi connectivity index (χ2v) is 8.91. The molecule has 150 valence electrons. The first kappa shape index (κ1) is 20.5. The molecule has 0 saturated carbocycles. The average molecular weight is 517 g/mol. The Bertz CT molecular complexity index is 975. The Balaban J connectivity index is 1.97. The number of halogens is 2. The third-order valence-corrected chi connectivity index (χ3v) is 7.16. The first-order valence-electron chi connectivity index (χ1n) is 9.55. The van der Waals surface area contributed by atoms with Crippen molar-refractivity contribution >= 4 is 31.9 Å². The summed E-state index contributed by atoms with van der Waals surface area (Å²) in [5.74, 6) is 1.71. The summed E-state index contributed by atoms with van der Waals surface area (Å²) in [4.78, 5) is 2.49. The quantitative estimate of drug-likeness (QED) is 0.373. The third kappa shape index (κ3) is 3.72. The fraction of sp³-hybridized carbons (Fsp3) is 0.250. The zero-order valence-electron chi connectivity index (χ0n) is 16.7. The second-order valence-electron chi connectivity index (χ2n) is 7.20. The minimum Gasteiger partial charge on any atom is -0.496 e. The van der Waals surface area contributed by atoms with Gasteiger partial charge in [-0.25, -0.2) is 0 Å². The smallest absolute Gasteiger partial charge is 0.127 e. The molecule has 1 aliphatic rings. The van der Waals surface area contributed by atoms with E-state index in [2.05, 4.69) is 86.1 Å². The van der Waals surface area contributed by atoms with Crippen LogP contribution in [0.5, 0.6) is 11.5 Å². The summed E-state index contributed by atoms with van der Waals surface area (Å²) in [7, 11) is 3.45. The summed E-state index contributed by atoms with van der Waals surface area (Å²) < 4.78 is 13.7. The highest BCUT2D eigenvalue weighted by molar-refractivity contribution is 9.10. The molecule has 0 fully saturated rings. The molecule has 0 aliphatic carbocycles. The minimum absolute atomic E-state index is 0.256. The highest BCUT2D eigenvalue weighted by atomic mass is 79.9. The van der Waals surface area contributed by atoms with Gasteiger partial charge < -0.3 is 9.47 Å². The van der Waals surface area contributed by atoms with Gasteiger partial charge in [-0.1, -0.05) is 62.2 Å². The Morgan fingerprint density at radius 1 is 0.759 bits per heavy atom. The second kappa shape index (κ2) is 8.50. The molecule has 1 atom stereocenters. The topological polar surface area (TPSA) is 21.7 Å². The van der Waals surface area contributed by atoms with Gasteiger partial charge >= 0.3 is 0 Å². The Morgan fingerprint density at radius 2 is 1.24 bits per heavy atom. The van der Waals surface area contributed by atoms with E-state index in [1.165, 1.54) is 16.7 Å². The lowest BCUT2D eigenvalue weighted by molar-refractivity contribution is 0.193. The van der Waals surface area contributed by atoms with Crippen LogP contribution in [0.2, 0.25) is 0 Å². The summed E-state index contributed by atoms with van der Waals surface area (Å²) >= 11 is 7.59. The van der Waals surface area contributed by atoms with Crippen molar-refractivity contribution in [2.45, 2.75) is 26.1 Å². The van der Waals surface area contributed by atoms with Crippen LogP contribution in [0.4, 0.5) is 0 Å². The molecule has 5 heteroatoms. The lowest BCUT2D eigenvalue weighted by atomic mass is 9.94. The van der Waals surface area contributed by atoms with Crippen molar-refractivity contribution in [3.8, 4) is 22.6 Å². The van der Waals surface area contributed by atoms with E-state index in [1.807, 2.05) is 12.1 Å². The predicted molar refractivity (Wildman–Crippen MR) is 124 cm³/mol. The summed E-state index contributed by atoms with van der Waals surface area (Å²) in [6.45, 7) is 3.86. The zero-order chi connectivity index (χ0) is 20.5. The third-order valence-electron chi connectivity index (χ3n) is 5.68. The molecule has 1 aliphatic heterocycles. The number of methoxy groups -OCH3 is 2. The van der Waals surface area contributed by atoms with Crippen LogP contribution in [0.15, 0.2) is 63.5 Å². The van der Waals surface area contributed by atoms with Crippen LogP contribution < -0.4 is 9.47 Å². The lowest BCUT2D eigenvalue weighted by Gasteiger charge is -2.29. The number of hydrogen-bond acceptors (Lipinski definition) is 3. The molecule has 0 aromatic heterocycles. The van der Waals surface area contributed by atoms with E-state index in [0.29, 0.717) is 0 Å². The molecule has 0 N–H and O–H groups in total. The molecule has 3 aromatic carbocycles. The fourth-order valence-electron chi connectivity index (χ4n) is 4.08. The molecule has 0 saturated heterocycles. The van der Waals surface area contributed by atoms with E-state index in [1.54, 1.807) is 14.2 Å². The zero-order valence-corrected chi connectivity index (χ0v) is 19.9. The maximum atomic E-state index is 5.79. The van der Waals surface area contributed by atoms with E-state index in [9.17, 15) is 0 Å². The molecule has 3 aromatic rings. The highest BCUT2D eigenvalue weighted by Gasteiger charge is 2.30. The first-order valence-corrected chi connectivity index (χ1v) is 11.1. The number of benzene rings is 3. The van der Waals surface area contributed by atoms with Crippen LogP contribution >= 0.6 is 31.9 Å². The molecule has 0 unspecified atom stereocenters. The summed E-state index contributed by atoms with van der Waals surface area (Å²) in [6.07, 6.45) is 0. The van der Waals surface area contributed by atoms with E-state index in [0.717, 1.165) is 44.7 Å². The van der Waals surface area contributed by atoms with Gasteiger partial charge in [-0.3, -0.25) is 4.90 Å². The van der Waals surface area contributed by atoms with Gasteiger partial charge in [-0.15, -0.1) is 0 Å². The average Bonchev–Trinajstić information content (AvgIpc) is 2.94. The van der Waals surface area contributed by atoms with Gasteiger partial charge in [0.05, 0.1) is 14.2 Å². The van der Waals surface area contributed by atoms with E-state index in [-0.39, 0.29) is 6.04 Å². The fourth-order valence-corrected chi connectivity index (χ4v) is 4.99. The van der Waals surface area contributed by atoms with Crippen molar-refractivity contribution in [1.29, 1.82) is 0 Å². The van der Waals surface area contributed by atoms with Crippen molar-refractivity contribution in [3.63, 3.8) is 0 Å². The molecule has 0 radical (unpaired) electrons. The van der Waals surface area contributed by atoms with E-state index < -0.39 is 0 Å². The molecule has 29 heavy (non-hydrogen) atoms. The highest BCUT2D eigenvalue weighted by Crippen LogP contribution is 2.49. The van der Waals surface area contributed by atoms with Gasteiger partial charge in [0.2, 0.25) is 0 Å². The normalized spacial score (nSPS) is 14.5. The molecule has 3 nitrogen and oxygen atoms in total. The Morgan fingerprint density at radius 3 is 1.69 bits per heavy atom. The molecule has 0 amide bonds. The number of ether oxygens (including phenoxy) is 2. The number of rotatable bonds is 4. The molecule has 0 spiro atoms. The number of nitrogens with zero attached hydrogens (tertiary/aromatic N) is 1. The Labute approximate surface area is 188 Å². The molecule has 4 rings (SSSR count). The molecule has 1 heterocycles. The van der Waals surface area contributed by atoms with Crippen molar-refractivity contribution in [3.05, 3.63) is 80.2 Å². The monoisotopic (exact) mass is 515 g/mol. The summed E-state index contributed by atoms with van der Waals surface area (Å²) in [6, 6.07) is 19.1. The molecular formula is C24H23Br2NO2. The van der Waals surface area contributed by atoms with Gasteiger partial charge in [0.1, 0.15) is 11.5 Å². The minimum atomic E-state index is 0.256. The van der Waals surface area contributed by atoms with Crippen LogP contribution in [0.1, 0.15) is 29.7 Å². The summed E-state index contributed by atoms with van der Waals surface area (Å²) in [5, 5.41) is 0. The van der Waals surface area contributed by atoms with Gasteiger partial charge in [-0.2, -0.15) is 0 Å². The number of fused-ring (bicyclic) bond motifs is 3. The maximum Gasteiger partial charge on any atom is 0.127 e. The SMILES string of the molecule is COc1ccc(Br)c2c1-c1c(OC)ccc(Br)c1CN([C@H](C)c1ccccc1)C2. The first-order chi connectivity index (χ1) is 14.0. The van der Waals surface area contributed by atoms with Crippen molar-refractivity contribution < 1.29 is 9.47 Å². The summed E-state index contributed by atoms with van der Waals surface area (Å²) in [5.41, 5.74) is 5.91. The van der Waals surface area contributed by atoms with Crippen molar-refractivity contribution in [2.24, 2.45) is 0 Å². The van der Waals surface area contributed by atoms with Crippen molar-refractivity contribution in [2.75, 3.05) is 14.2 Å². The van der Waals surface area contributed by atoms with Gasteiger partial charge in [0.25, 0.3) is 0 Å². The van der Waals surface area contributed by atoms with E-state index in [4.69, 9.17) is 9.47 Å². The van der Waals surface area contributed by atoms with Crippen molar-refractivity contribution in [1.82, 2.24) is 4.90 Å². The van der Waals surface area contributed by atoms with Gasteiger partial charge in [0.15, 0.2) is 0 Å². The Kier molecular flexibility index (Phi) is 6.00. The van der Waals surface area contributed by atoms with Crippen LogP contribution in [0.25, 0.3) is 11.1 Å². The van der Waals surface area contributed by atoms with Crippen LogP contribution in [0, 0.1) is 0 Å². The largest absolute Gasteiger partial charge is 0.496 e. The van der Waals surface area contributed by atoms with Crippen LogP contribution in [-0.2, 0) is 13.1 Å². The number of hydrogen-bond donors (Lipinski definition) is 0. The van der Waals surface area contributed by atoms with Crippen LogP contribution in [0.3, 0.4) is 0 Å². The Hall–Kier alpha value is -1.82. The lowest BCUT2D eigenvalue weighted by Crippen LogP contribution is -2.25. The van der Waals surface area contributed by atoms with Crippen LogP contribution in [-0.4, -0.2) is 19.1 Å². The molecule has 0 bridgehead atoms. The maximum absolute atomic E-state index is 5.79. The van der Waals surface area contributed by atoms with Gasteiger partial charge in [0, 0.05) is 39.2 Å².